The second-order valence-corrected chi connectivity index (χ2v) is 4.78. The van der Waals surface area contributed by atoms with Crippen LogP contribution in [0.4, 0.5) is 4.39 Å². The van der Waals surface area contributed by atoms with Gasteiger partial charge in [-0.15, -0.1) is 0 Å². The Labute approximate surface area is 128 Å². The molecule has 22 heavy (non-hydrogen) atoms. The van der Waals surface area contributed by atoms with Gasteiger partial charge in [0.1, 0.15) is 5.82 Å². The minimum atomic E-state index is -0.313. The van der Waals surface area contributed by atoms with E-state index in [-0.39, 0.29) is 18.3 Å². The fraction of sp³-hybridized carbons (Fsp3) is 0.400. The Hall–Kier alpha value is -2.28. The van der Waals surface area contributed by atoms with Crippen LogP contribution >= 0.6 is 0 Å². The summed E-state index contributed by atoms with van der Waals surface area (Å²) in [5.74, 6) is 0.476. The van der Waals surface area contributed by atoms with E-state index in [0.717, 1.165) is 0 Å². The van der Waals surface area contributed by atoms with Crippen LogP contribution in [0.5, 0.6) is 0 Å². The number of carbonyl (C=O) groups is 1. The van der Waals surface area contributed by atoms with E-state index < -0.39 is 0 Å². The Morgan fingerprint density at radius 1 is 1.32 bits per heavy atom. The number of nitrogens with zero attached hydrogens (tertiary/aromatic N) is 3. The number of hydrogen-bond acceptors (Lipinski definition) is 5. The third-order valence-electron chi connectivity index (χ3n) is 3.12. The highest BCUT2D eigenvalue weighted by Crippen LogP contribution is 2.16. The van der Waals surface area contributed by atoms with Crippen LogP contribution in [0, 0.1) is 5.82 Å². The molecular weight excluding hydrogens is 287 g/mol. The van der Waals surface area contributed by atoms with Crippen molar-refractivity contribution in [1.82, 2.24) is 20.4 Å². The first-order valence-electron chi connectivity index (χ1n) is 7.20. The third kappa shape index (κ3) is 4.36. The lowest BCUT2D eigenvalue weighted by atomic mass is 10.2. The first kappa shape index (κ1) is 16.1. The van der Waals surface area contributed by atoms with Gasteiger partial charge in [-0.1, -0.05) is 12.1 Å². The molecule has 7 heteroatoms. The number of halogens is 1. The standard InChI is InChI=1S/C15H19FN4O2/c1-3-17-13(21)9-20(4-2)10-14-18-15(19-22-14)11-5-7-12(16)8-6-11/h5-8H,3-4,9-10H2,1-2H3,(H,17,21). The summed E-state index contributed by atoms with van der Waals surface area (Å²) in [6.45, 7) is 5.79. The fourth-order valence-electron chi connectivity index (χ4n) is 1.96. The zero-order chi connectivity index (χ0) is 15.9. The van der Waals surface area contributed by atoms with Crippen molar-refractivity contribution in [1.29, 1.82) is 0 Å². The molecular formula is C15H19FN4O2. The van der Waals surface area contributed by atoms with Crippen LogP contribution in [-0.4, -0.2) is 40.6 Å². The number of likely N-dealkylation sites (N-methyl/N-ethyl adjacent to an activating group) is 2. The summed E-state index contributed by atoms with van der Waals surface area (Å²) in [5.41, 5.74) is 0.683. The molecule has 0 bridgehead atoms. The molecule has 0 aliphatic carbocycles. The molecule has 0 spiro atoms. The molecule has 0 radical (unpaired) electrons. The van der Waals surface area contributed by atoms with Gasteiger partial charge < -0.3 is 9.84 Å². The van der Waals surface area contributed by atoms with Gasteiger partial charge in [-0.25, -0.2) is 4.39 Å². The summed E-state index contributed by atoms with van der Waals surface area (Å²) < 4.78 is 18.1. The Morgan fingerprint density at radius 3 is 2.68 bits per heavy atom. The first-order valence-corrected chi connectivity index (χ1v) is 7.20. The average molecular weight is 306 g/mol. The van der Waals surface area contributed by atoms with E-state index in [1.165, 1.54) is 12.1 Å². The molecule has 0 aliphatic heterocycles. The normalized spacial score (nSPS) is 10.9. The first-order chi connectivity index (χ1) is 10.6. The zero-order valence-electron chi connectivity index (χ0n) is 12.7. The lowest BCUT2D eigenvalue weighted by Gasteiger charge is -2.17. The molecule has 0 saturated heterocycles. The van der Waals surface area contributed by atoms with E-state index >= 15 is 0 Å². The van der Waals surface area contributed by atoms with E-state index in [1.54, 1.807) is 12.1 Å². The maximum absolute atomic E-state index is 12.9. The maximum Gasteiger partial charge on any atom is 0.241 e. The van der Waals surface area contributed by atoms with Gasteiger partial charge in [0.2, 0.25) is 17.6 Å². The molecule has 1 aromatic heterocycles. The predicted molar refractivity (Wildman–Crippen MR) is 79.3 cm³/mol. The highest BCUT2D eigenvalue weighted by Gasteiger charge is 2.14. The highest BCUT2D eigenvalue weighted by atomic mass is 19.1. The predicted octanol–water partition coefficient (Wildman–Crippen LogP) is 1.83. The molecule has 118 valence electrons. The number of aromatic nitrogens is 2. The number of hydrogen-bond donors (Lipinski definition) is 1. The van der Waals surface area contributed by atoms with Crippen LogP contribution in [0.25, 0.3) is 11.4 Å². The van der Waals surface area contributed by atoms with Crippen molar-refractivity contribution < 1.29 is 13.7 Å². The maximum atomic E-state index is 12.9. The summed E-state index contributed by atoms with van der Waals surface area (Å²) in [5, 5.41) is 6.63. The summed E-state index contributed by atoms with van der Waals surface area (Å²) in [7, 11) is 0. The van der Waals surface area contributed by atoms with Crippen molar-refractivity contribution in [3.05, 3.63) is 36.0 Å². The summed E-state index contributed by atoms with van der Waals surface area (Å²) in [6, 6.07) is 5.88. The summed E-state index contributed by atoms with van der Waals surface area (Å²) >= 11 is 0. The van der Waals surface area contributed by atoms with E-state index in [0.29, 0.717) is 36.9 Å². The number of nitrogens with one attached hydrogen (secondary N) is 1. The molecule has 6 nitrogen and oxygen atoms in total. The highest BCUT2D eigenvalue weighted by molar-refractivity contribution is 5.77. The van der Waals surface area contributed by atoms with Gasteiger partial charge in [0.25, 0.3) is 0 Å². The Bertz CT molecular complexity index is 612. The van der Waals surface area contributed by atoms with Gasteiger partial charge in [-0.3, -0.25) is 9.69 Å². The van der Waals surface area contributed by atoms with E-state index in [4.69, 9.17) is 4.52 Å². The van der Waals surface area contributed by atoms with E-state index in [2.05, 4.69) is 15.5 Å². The van der Waals surface area contributed by atoms with Gasteiger partial charge in [-0.05, 0) is 37.7 Å². The third-order valence-corrected chi connectivity index (χ3v) is 3.12. The monoisotopic (exact) mass is 306 g/mol. The van der Waals surface area contributed by atoms with E-state index in [1.807, 2.05) is 18.7 Å². The van der Waals surface area contributed by atoms with Gasteiger partial charge in [-0.2, -0.15) is 4.98 Å². The minimum Gasteiger partial charge on any atom is -0.355 e. The van der Waals surface area contributed by atoms with Crippen LogP contribution in [0.2, 0.25) is 0 Å². The molecule has 0 atom stereocenters. The van der Waals surface area contributed by atoms with Crippen LogP contribution < -0.4 is 5.32 Å². The average Bonchev–Trinajstić information content (AvgIpc) is 2.96. The topological polar surface area (TPSA) is 71.3 Å². The van der Waals surface area contributed by atoms with Crippen LogP contribution in [0.3, 0.4) is 0 Å². The number of carbonyl (C=O) groups excluding carboxylic acids is 1. The van der Waals surface area contributed by atoms with E-state index in [9.17, 15) is 9.18 Å². The lowest BCUT2D eigenvalue weighted by Crippen LogP contribution is -2.36. The number of amides is 1. The van der Waals surface area contributed by atoms with Gasteiger partial charge in [0.15, 0.2) is 0 Å². The molecule has 0 saturated carbocycles. The molecule has 0 aliphatic rings. The molecule has 2 rings (SSSR count). The minimum absolute atomic E-state index is 0.0392. The largest absolute Gasteiger partial charge is 0.355 e. The van der Waals surface area contributed by atoms with Crippen molar-refractivity contribution in [2.24, 2.45) is 0 Å². The van der Waals surface area contributed by atoms with Gasteiger partial charge in [0.05, 0.1) is 13.1 Å². The molecule has 2 aromatic rings. The smallest absolute Gasteiger partial charge is 0.241 e. The zero-order valence-corrected chi connectivity index (χ0v) is 12.7. The second kappa shape index (κ2) is 7.65. The molecule has 1 N–H and O–H groups in total. The Kier molecular flexibility index (Phi) is 5.60. The summed E-state index contributed by atoms with van der Waals surface area (Å²) in [6.07, 6.45) is 0. The van der Waals surface area contributed by atoms with Crippen molar-refractivity contribution in [2.45, 2.75) is 20.4 Å². The Morgan fingerprint density at radius 2 is 2.05 bits per heavy atom. The molecule has 0 fully saturated rings. The quantitative estimate of drug-likeness (QED) is 0.845. The van der Waals surface area contributed by atoms with Gasteiger partial charge in [0, 0.05) is 12.1 Å². The number of rotatable bonds is 7. The second-order valence-electron chi connectivity index (χ2n) is 4.78. The molecule has 1 heterocycles. The summed E-state index contributed by atoms with van der Waals surface area (Å²) in [4.78, 5) is 17.8. The van der Waals surface area contributed by atoms with Crippen molar-refractivity contribution in [3.63, 3.8) is 0 Å². The SMILES string of the molecule is CCNC(=O)CN(CC)Cc1nc(-c2ccc(F)cc2)no1. The van der Waals surface area contributed by atoms with Crippen LogP contribution in [-0.2, 0) is 11.3 Å². The van der Waals surface area contributed by atoms with Crippen molar-refractivity contribution >= 4 is 5.91 Å². The number of benzene rings is 1. The van der Waals surface area contributed by atoms with Crippen molar-refractivity contribution in [2.75, 3.05) is 19.6 Å². The Balaban J connectivity index is 2.01. The molecule has 1 aromatic carbocycles. The lowest BCUT2D eigenvalue weighted by molar-refractivity contribution is -0.122. The molecule has 0 unspecified atom stereocenters. The fourth-order valence-corrected chi connectivity index (χ4v) is 1.96. The van der Waals surface area contributed by atoms with Crippen LogP contribution in [0.15, 0.2) is 28.8 Å². The van der Waals surface area contributed by atoms with Crippen LogP contribution in [0.1, 0.15) is 19.7 Å². The van der Waals surface area contributed by atoms with Crippen molar-refractivity contribution in [3.8, 4) is 11.4 Å². The molecule has 1 amide bonds. The van der Waals surface area contributed by atoms with Gasteiger partial charge >= 0.3 is 0 Å².